The van der Waals surface area contributed by atoms with Crippen LogP contribution in [0.5, 0.6) is 0 Å². The number of likely N-dealkylation sites (tertiary alicyclic amines) is 1. The van der Waals surface area contributed by atoms with E-state index >= 15 is 0 Å². The lowest BCUT2D eigenvalue weighted by atomic mass is 10.0. The summed E-state index contributed by atoms with van der Waals surface area (Å²) in [6, 6.07) is 11.5. The monoisotopic (exact) mass is 575 g/mol. The fourth-order valence-electron chi connectivity index (χ4n) is 5.05. The van der Waals surface area contributed by atoms with Gasteiger partial charge in [0.2, 0.25) is 5.91 Å². The zero-order valence-electron chi connectivity index (χ0n) is 24.9. The summed E-state index contributed by atoms with van der Waals surface area (Å²) in [5.74, 6) is -0.255. The van der Waals surface area contributed by atoms with Gasteiger partial charge < -0.3 is 29.4 Å². The highest BCUT2D eigenvalue weighted by molar-refractivity contribution is 5.95. The second-order valence-electron chi connectivity index (χ2n) is 11.4. The summed E-state index contributed by atoms with van der Waals surface area (Å²) < 4.78 is 7.12. The lowest BCUT2D eigenvalue weighted by Crippen LogP contribution is -2.39. The number of pyridine rings is 1. The first-order valence-corrected chi connectivity index (χ1v) is 14.6. The average Bonchev–Trinajstić information content (AvgIpc) is 3.63. The molecule has 224 valence electrons. The fraction of sp³-hybridized carbons (Fsp3) is 0.438. The van der Waals surface area contributed by atoms with E-state index in [2.05, 4.69) is 30.2 Å². The maximum absolute atomic E-state index is 13.4. The van der Waals surface area contributed by atoms with E-state index in [0.29, 0.717) is 32.0 Å². The quantitative estimate of drug-likeness (QED) is 0.326. The van der Waals surface area contributed by atoms with Crippen molar-refractivity contribution in [3.8, 4) is 0 Å². The van der Waals surface area contributed by atoms with Gasteiger partial charge in [-0.2, -0.15) is 0 Å². The van der Waals surface area contributed by atoms with Crippen molar-refractivity contribution < 1.29 is 19.1 Å². The normalized spacial score (nSPS) is 14.1. The summed E-state index contributed by atoms with van der Waals surface area (Å²) in [6.07, 6.45) is 6.29. The highest BCUT2D eigenvalue weighted by Crippen LogP contribution is 2.22. The predicted octanol–water partition coefficient (Wildman–Crippen LogP) is 4.54. The number of allylic oxidation sites excluding steroid dienone is 1. The highest BCUT2D eigenvalue weighted by Gasteiger charge is 2.27. The van der Waals surface area contributed by atoms with Crippen molar-refractivity contribution in [2.45, 2.75) is 58.6 Å². The van der Waals surface area contributed by atoms with E-state index in [0.717, 1.165) is 35.9 Å². The van der Waals surface area contributed by atoms with Gasteiger partial charge in [0.25, 0.3) is 11.5 Å². The van der Waals surface area contributed by atoms with Crippen molar-refractivity contribution in [1.82, 2.24) is 19.4 Å². The molecule has 10 nitrogen and oxygen atoms in total. The minimum atomic E-state index is -1.13. The van der Waals surface area contributed by atoms with Gasteiger partial charge >= 0.3 is 6.09 Å². The number of anilines is 1. The second kappa shape index (κ2) is 14.0. The molecule has 0 aliphatic carbocycles. The molecule has 42 heavy (non-hydrogen) atoms. The summed E-state index contributed by atoms with van der Waals surface area (Å²) >= 11 is 0. The molecule has 3 amide bonds. The van der Waals surface area contributed by atoms with Crippen LogP contribution in [0.1, 0.15) is 50.8 Å². The van der Waals surface area contributed by atoms with Gasteiger partial charge in [0.15, 0.2) is 6.10 Å². The minimum absolute atomic E-state index is 0.0969. The number of rotatable bonds is 11. The van der Waals surface area contributed by atoms with Crippen molar-refractivity contribution in [3.05, 3.63) is 76.4 Å². The Morgan fingerprint density at radius 1 is 1.12 bits per heavy atom. The van der Waals surface area contributed by atoms with Gasteiger partial charge in [-0.15, -0.1) is 0 Å². The Balaban J connectivity index is 1.49. The molecule has 1 aliphatic heterocycles. The first kappa shape index (κ1) is 30.6. The number of ether oxygens (including phenoxy) is 1. The van der Waals surface area contributed by atoms with Gasteiger partial charge in [0.1, 0.15) is 5.69 Å². The largest absolute Gasteiger partial charge is 0.436 e. The number of carbonyl (C=O) groups excluding carboxylic acids is 3. The minimum Gasteiger partial charge on any atom is -0.436 e. The predicted molar refractivity (Wildman–Crippen MR) is 163 cm³/mol. The number of aromatic nitrogens is 2. The Hall–Kier alpha value is -4.34. The first-order chi connectivity index (χ1) is 20.1. The number of carbonyl (C=O) groups is 3. The molecule has 1 atom stereocenters. The van der Waals surface area contributed by atoms with Crippen molar-refractivity contribution >= 4 is 34.5 Å². The van der Waals surface area contributed by atoms with Crippen LogP contribution in [-0.4, -0.2) is 70.5 Å². The topological polar surface area (TPSA) is 117 Å². The number of benzene rings is 1. The zero-order chi connectivity index (χ0) is 30.2. The molecule has 2 N–H and O–H groups in total. The molecule has 0 spiro atoms. The Kier molecular flexibility index (Phi) is 10.2. The molecule has 1 aromatic carbocycles. The van der Waals surface area contributed by atoms with E-state index in [-0.39, 0.29) is 23.6 Å². The molecular weight excluding hydrogens is 534 g/mol. The Labute approximate surface area is 246 Å². The third-order valence-electron chi connectivity index (χ3n) is 7.24. The molecule has 3 aromatic rings. The lowest BCUT2D eigenvalue weighted by Gasteiger charge is -2.21. The smallest absolute Gasteiger partial charge is 0.410 e. The molecule has 4 rings (SSSR count). The van der Waals surface area contributed by atoms with Crippen LogP contribution in [-0.2, 0) is 27.3 Å². The number of hydrogen-bond acceptors (Lipinski definition) is 5. The number of H-pyrrole nitrogens is 1. The molecule has 3 heterocycles. The van der Waals surface area contributed by atoms with Crippen LogP contribution >= 0.6 is 0 Å². The Morgan fingerprint density at radius 3 is 2.60 bits per heavy atom. The number of fused-ring (bicyclic) bond motifs is 1. The summed E-state index contributed by atoms with van der Waals surface area (Å²) in [6.45, 7) is 5.84. The van der Waals surface area contributed by atoms with Gasteiger partial charge in [0, 0.05) is 44.6 Å². The molecule has 0 bridgehead atoms. The van der Waals surface area contributed by atoms with E-state index in [4.69, 9.17) is 4.74 Å². The number of likely N-dealkylation sites (N-methyl/N-ethyl adjacent to an activating group) is 1. The average molecular weight is 576 g/mol. The molecule has 1 fully saturated rings. The van der Waals surface area contributed by atoms with Gasteiger partial charge in [-0.3, -0.25) is 14.4 Å². The number of amides is 3. The van der Waals surface area contributed by atoms with Gasteiger partial charge in [-0.1, -0.05) is 38.1 Å². The third-order valence-corrected chi connectivity index (χ3v) is 7.24. The molecule has 1 unspecified atom stereocenters. The number of hydrogen-bond donors (Lipinski definition) is 2. The van der Waals surface area contributed by atoms with Crippen molar-refractivity contribution in [1.29, 1.82) is 0 Å². The van der Waals surface area contributed by atoms with Crippen molar-refractivity contribution in [2.75, 3.05) is 32.5 Å². The van der Waals surface area contributed by atoms with Crippen LogP contribution in [0.25, 0.3) is 10.9 Å². The molecule has 0 saturated carbocycles. The molecular formula is C32H41N5O5. The van der Waals surface area contributed by atoms with Crippen molar-refractivity contribution in [3.63, 3.8) is 0 Å². The molecule has 1 aliphatic rings. The maximum Gasteiger partial charge on any atom is 0.410 e. The van der Waals surface area contributed by atoms with Crippen LogP contribution in [0.4, 0.5) is 10.5 Å². The van der Waals surface area contributed by atoms with Crippen molar-refractivity contribution in [2.24, 2.45) is 5.92 Å². The number of nitrogens with one attached hydrogen (secondary N) is 2. The number of aromatic amines is 1. The fourth-order valence-corrected chi connectivity index (χ4v) is 5.05. The molecule has 0 radical (unpaired) electrons. The lowest BCUT2D eigenvalue weighted by molar-refractivity contribution is -0.125. The van der Waals surface area contributed by atoms with Crippen LogP contribution in [0, 0.1) is 5.92 Å². The summed E-state index contributed by atoms with van der Waals surface area (Å²) in [4.78, 5) is 57.7. The van der Waals surface area contributed by atoms with Gasteiger partial charge in [0.05, 0.1) is 6.54 Å². The van der Waals surface area contributed by atoms with E-state index in [1.165, 1.54) is 27.2 Å². The van der Waals surface area contributed by atoms with E-state index in [1.54, 1.807) is 37.3 Å². The van der Waals surface area contributed by atoms with E-state index < -0.39 is 18.1 Å². The standard InChI is InChI=1S/C32H41N5O5/c1-22(2)19-23-11-9-12-24-20-25(33-29(23)24)21-37-18-10-13-26(31(37)40)34-30(39)27(14-5-6-15-28(38)35(3)4)42-32(41)36-16-7-8-17-36/h6,9-13,15,18,20,22,27,33H,5,7-8,14,16-17,19,21H2,1-4H3,(H,34,39)/b15-6+. The Bertz CT molecular complexity index is 1500. The van der Waals surface area contributed by atoms with Gasteiger partial charge in [-0.05, 0) is 73.2 Å². The van der Waals surface area contributed by atoms with Crippen LogP contribution in [0.3, 0.4) is 0 Å². The molecule has 2 aromatic heterocycles. The Morgan fingerprint density at radius 2 is 1.88 bits per heavy atom. The van der Waals surface area contributed by atoms with E-state index in [1.807, 2.05) is 18.2 Å². The van der Waals surface area contributed by atoms with Crippen LogP contribution in [0.15, 0.2) is 59.5 Å². The SMILES string of the molecule is CC(C)Cc1cccc2cc(Cn3cccc(NC(=O)C(CC/C=C/C(=O)N(C)C)OC(=O)N4CCCC4)c3=O)[nH]c12. The molecule has 10 heteroatoms. The summed E-state index contributed by atoms with van der Waals surface area (Å²) in [5.41, 5.74) is 2.91. The van der Waals surface area contributed by atoms with Crippen LogP contribution < -0.4 is 10.9 Å². The molecule has 1 saturated heterocycles. The van der Waals surface area contributed by atoms with Crippen LogP contribution in [0.2, 0.25) is 0 Å². The third kappa shape index (κ3) is 7.90. The van der Waals surface area contributed by atoms with E-state index in [9.17, 15) is 19.2 Å². The highest BCUT2D eigenvalue weighted by atomic mass is 16.6. The maximum atomic E-state index is 13.4. The zero-order valence-corrected chi connectivity index (χ0v) is 24.9. The van der Waals surface area contributed by atoms with Gasteiger partial charge in [-0.25, -0.2) is 4.79 Å². The number of nitrogens with zero attached hydrogens (tertiary/aromatic N) is 3. The second-order valence-corrected chi connectivity index (χ2v) is 11.4. The summed E-state index contributed by atoms with van der Waals surface area (Å²) in [5, 5.41) is 3.77. The summed E-state index contributed by atoms with van der Waals surface area (Å²) in [7, 11) is 3.30. The first-order valence-electron chi connectivity index (χ1n) is 14.6. The number of para-hydroxylation sites is 1.